The maximum atomic E-state index is 11.5. The monoisotopic (exact) mass is 207 g/mol. The van der Waals surface area contributed by atoms with Gasteiger partial charge in [-0.2, -0.15) is 0 Å². The van der Waals surface area contributed by atoms with Gasteiger partial charge in [-0.25, -0.2) is 0 Å². The Labute approximate surface area is 89.3 Å². The highest BCUT2D eigenvalue weighted by molar-refractivity contribution is 5.76. The molecule has 4 atom stereocenters. The summed E-state index contributed by atoms with van der Waals surface area (Å²) in [4.78, 5) is 11.5. The van der Waals surface area contributed by atoms with Gasteiger partial charge in [0.1, 0.15) is 0 Å². The minimum absolute atomic E-state index is 0.190. The van der Waals surface area contributed by atoms with Crippen LogP contribution in [0.25, 0.3) is 0 Å². The van der Waals surface area contributed by atoms with Crippen molar-refractivity contribution in [2.45, 2.75) is 38.1 Å². The van der Waals surface area contributed by atoms with E-state index in [2.05, 4.69) is 13.0 Å². The van der Waals surface area contributed by atoms with Crippen LogP contribution < -0.4 is 5.73 Å². The second-order valence-corrected chi connectivity index (χ2v) is 5.85. The smallest absolute Gasteiger partial charge is 0.309 e. The summed E-state index contributed by atoms with van der Waals surface area (Å²) in [6.07, 6.45) is 5.41. The average Bonchev–Trinajstić information content (AvgIpc) is 2.23. The first kappa shape index (κ1) is 9.40. The summed E-state index contributed by atoms with van der Waals surface area (Å²) in [5, 5.41) is 9.43. The van der Waals surface area contributed by atoms with E-state index in [1.807, 2.05) is 0 Å². The van der Waals surface area contributed by atoms with Gasteiger partial charge in [-0.3, -0.25) is 4.79 Å². The van der Waals surface area contributed by atoms with Gasteiger partial charge in [-0.05, 0) is 37.5 Å². The van der Waals surface area contributed by atoms with Gasteiger partial charge in [-0.15, -0.1) is 0 Å². The fourth-order valence-corrected chi connectivity index (χ4v) is 4.10. The highest BCUT2D eigenvalue weighted by Crippen LogP contribution is 2.63. The Morgan fingerprint density at radius 2 is 2.33 bits per heavy atom. The number of hydrogen-bond acceptors (Lipinski definition) is 2. The Morgan fingerprint density at radius 3 is 3.00 bits per heavy atom. The maximum absolute atomic E-state index is 11.5. The van der Waals surface area contributed by atoms with Gasteiger partial charge in [-0.1, -0.05) is 18.6 Å². The average molecular weight is 207 g/mol. The second-order valence-electron chi connectivity index (χ2n) is 5.85. The Morgan fingerprint density at radius 1 is 1.60 bits per heavy atom. The number of allylic oxidation sites excluding steroid dienone is 1. The van der Waals surface area contributed by atoms with Crippen molar-refractivity contribution in [2.24, 2.45) is 23.0 Å². The van der Waals surface area contributed by atoms with E-state index in [0.717, 1.165) is 19.3 Å². The Bertz CT molecular complexity index is 376. The molecule has 82 valence electrons. The zero-order valence-corrected chi connectivity index (χ0v) is 8.99. The van der Waals surface area contributed by atoms with Crippen LogP contribution in [-0.4, -0.2) is 16.6 Å². The topological polar surface area (TPSA) is 63.3 Å². The quantitative estimate of drug-likeness (QED) is 0.641. The fourth-order valence-electron chi connectivity index (χ4n) is 4.10. The summed E-state index contributed by atoms with van der Waals surface area (Å²) in [5.41, 5.74) is 6.96. The summed E-state index contributed by atoms with van der Waals surface area (Å²) < 4.78 is 0. The summed E-state index contributed by atoms with van der Waals surface area (Å²) in [6.45, 7) is 2.12. The number of carboxylic acids is 1. The van der Waals surface area contributed by atoms with Crippen molar-refractivity contribution < 1.29 is 9.90 Å². The third-order valence-corrected chi connectivity index (χ3v) is 4.60. The molecule has 2 fully saturated rings. The van der Waals surface area contributed by atoms with Gasteiger partial charge in [0.05, 0.1) is 5.41 Å². The predicted octanol–water partition coefficient (Wildman–Crippen LogP) is 1.53. The molecule has 0 aromatic heterocycles. The normalized spacial score (nSPS) is 51.7. The van der Waals surface area contributed by atoms with E-state index in [4.69, 9.17) is 5.73 Å². The number of rotatable bonds is 1. The molecule has 0 aromatic rings. The van der Waals surface area contributed by atoms with Crippen LogP contribution >= 0.6 is 0 Å². The SMILES string of the molecule is CC1C=C2CC3(N)CC(C(=O)O)(C1)CC23. The molecule has 2 saturated carbocycles. The molecule has 4 unspecified atom stereocenters. The molecule has 15 heavy (non-hydrogen) atoms. The Hall–Kier alpha value is -0.830. The molecule has 0 spiro atoms. The molecule has 3 aliphatic rings. The number of hydrogen-bond donors (Lipinski definition) is 2. The number of fused-ring (bicyclic) bond motifs is 1. The number of carbonyl (C=O) groups is 1. The summed E-state index contributed by atoms with van der Waals surface area (Å²) >= 11 is 0. The zero-order valence-electron chi connectivity index (χ0n) is 8.99. The number of nitrogens with two attached hydrogens (primary N) is 1. The van der Waals surface area contributed by atoms with E-state index in [-0.39, 0.29) is 5.54 Å². The standard InChI is InChI=1S/C12H17NO2/c1-7-2-8-4-12(13)6-11(3-7,10(14)15)5-9(8)12/h2,7,9H,3-6,13H2,1H3,(H,14,15). The van der Waals surface area contributed by atoms with Crippen LogP contribution in [0.3, 0.4) is 0 Å². The first-order valence-electron chi connectivity index (χ1n) is 5.68. The van der Waals surface area contributed by atoms with Crippen molar-refractivity contribution in [3.63, 3.8) is 0 Å². The van der Waals surface area contributed by atoms with Crippen molar-refractivity contribution in [3.05, 3.63) is 11.6 Å². The lowest BCUT2D eigenvalue weighted by molar-refractivity contribution is -0.149. The van der Waals surface area contributed by atoms with Gasteiger partial charge in [0.15, 0.2) is 0 Å². The first-order valence-corrected chi connectivity index (χ1v) is 5.68. The molecule has 0 aliphatic heterocycles. The number of carboxylic acid groups (broad SMARTS) is 1. The van der Waals surface area contributed by atoms with Gasteiger partial charge in [0.2, 0.25) is 0 Å². The highest BCUT2D eigenvalue weighted by atomic mass is 16.4. The van der Waals surface area contributed by atoms with E-state index >= 15 is 0 Å². The fraction of sp³-hybridized carbons (Fsp3) is 0.750. The predicted molar refractivity (Wildman–Crippen MR) is 56.2 cm³/mol. The van der Waals surface area contributed by atoms with Crippen molar-refractivity contribution in [3.8, 4) is 0 Å². The lowest BCUT2D eigenvalue weighted by Crippen LogP contribution is -2.54. The molecular formula is C12H17NO2. The highest BCUT2D eigenvalue weighted by Gasteiger charge is 2.63. The van der Waals surface area contributed by atoms with Gasteiger partial charge >= 0.3 is 5.97 Å². The first-order chi connectivity index (χ1) is 6.95. The van der Waals surface area contributed by atoms with Crippen LogP contribution in [-0.2, 0) is 4.79 Å². The van der Waals surface area contributed by atoms with Crippen LogP contribution in [0.1, 0.15) is 32.6 Å². The van der Waals surface area contributed by atoms with E-state index in [9.17, 15) is 9.90 Å². The largest absolute Gasteiger partial charge is 0.481 e. The van der Waals surface area contributed by atoms with E-state index in [0.29, 0.717) is 18.3 Å². The Balaban J connectivity index is 2.06. The van der Waals surface area contributed by atoms with Crippen molar-refractivity contribution in [1.29, 1.82) is 0 Å². The lowest BCUT2D eigenvalue weighted by atomic mass is 9.64. The molecule has 0 radical (unpaired) electrons. The zero-order chi connectivity index (χ0) is 10.8. The molecule has 0 saturated heterocycles. The van der Waals surface area contributed by atoms with E-state index in [1.54, 1.807) is 0 Å². The summed E-state index contributed by atoms with van der Waals surface area (Å²) in [7, 11) is 0. The Kier molecular flexibility index (Phi) is 1.54. The van der Waals surface area contributed by atoms with Gasteiger partial charge in [0.25, 0.3) is 0 Å². The molecule has 3 aliphatic carbocycles. The van der Waals surface area contributed by atoms with Gasteiger partial charge in [0, 0.05) is 5.54 Å². The summed E-state index contributed by atoms with van der Waals surface area (Å²) in [6, 6.07) is 0. The van der Waals surface area contributed by atoms with E-state index in [1.165, 1.54) is 5.57 Å². The van der Waals surface area contributed by atoms with Crippen molar-refractivity contribution in [2.75, 3.05) is 0 Å². The van der Waals surface area contributed by atoms with Crippen molar-refractivity contribution >= 4 is 5.97 Å². The molecule has 3 heteroatoms. The van der Waals surface area contributed by atoms with Crippen molar-refractivity contribution in [1.82, 2.24) is 0 Å². The third-order valence-electron chi connectivity index (χ3n) is 4.60. The van der Waals surface area contributed by atoms with Crippen LogP contribution in [0.4, 0.5) is 0 Å². The van der Waals surface area contributed by atoms with Crippen LogP contribution in [0.15, 0.2) is 11.6 Å². The minimum Gasteiger partial charge on any atom is -0.481 e. The molecule has 2 bridgehead atoms. The molecular weight excluding hydrogens is 190 g/mol. The minimum atomic E-state index is -0.636. The van der Waals surface area contributed by atoms with Crippen LogP contribution in [0.2, 0.25) is 0 Å². The summed E-state index contributed by atoms with van der Waals surface area (Å²) in [5.74, 6) is 0.118. The molecule has 0 heterocycles. The molecule has 3 nitrogen and oxygen atoms in total. The maximum Gasteiger partial charge on any atom is 0.309 e. The molecule has 3 N–H and O–H groups in total. The molecule has 0 amide bonds. The molecule has 3 rings (SSSR count). The number of aliphatic carboxylic acids is 1. The lowest BCUT2D eigenvalue weighted by Gasteiger charge is -2.45. The van der Waals surface area contributed by atoms with E-state index < -0.39 is 11.4 Å². The molecule has 0 aromatic carbocycles. The van der Waals surface area contributed by atoms with Crippen LogP contribution in [0.5, 0.6) is 0 Å². The van der Waals surface area contributed by atoms with Gasteiger partial charge < -0.3 is 10.8 Å². The van der Waals surface area contributed by atoms with Crippen LogP contribution in [0, 0.1) is 17.3 Å². The third kappa shape index (κ3) is 1.02. The second kappa shape index (κ2) is 2.46.